The predicted molar refractivity (Wildman–Crippen MR) is 79.2 cm³/mol. The van der Waals surface area contributed by atoms with E-state index in [1.807, 2.05) is 42.5 Å². The van der Waals surface area contributed by atoms with Crippen molar-refractivity contribution in [2.75, 3.05) is 12.4 Å². The average Bonchev–Trinajstić information content (AvgIpc) is 2.49. The highest BCUT2D eigenvalue weighted by Gasteiger charge is 1.98. The molecular weight excluding hydrogens is 254 g/mol. The van der Waals surface area contributed by atoms with Crippen molar-refractivity contribution >= 4 is 17.9 Å². The van der Waals surface area contributed by atoms with Crippen LogP contribution in [0.15, 0.2) is 59.7 Å². The largest absolute Gasteiger partial charge is 0.497 e. The third kappa shape index (κ3) is 4.13. The summed E-state index contributed by atoms with van der Waals surface area (Å²) < 4.78 is 5.05. The van der Waals surface area contributed by atoms with E-state index in [2.05, 4.69) is 15.8 Å². The average molecular weight is 269 g/mol. The van der Waals surface area contributed by atoms with Crippen molar-refractivity contribution in [2.45, 2.75) is 0 Å². The zero-order chi connectivity index (χ0) is 14.2. The molecule has 0 aromatic heterocycles. The first-order valence-electron chi connectivity index (χ1n) is 6.07. The molecule has 2 aromatic rings. The molecule has 0 bridgehead atoms. The fourth-order valence-corrected chi connectivity index (χ4v) is 1.54. The van der Waals surface area contributed by atoms with E-state index in [1.165, 1.54) is 0 Å². The molecule has 20 heavy (non-hydrogen) atoms. The predicted octanol–water partition coefficient (Wildman–Crippen LogP) is 2.85. The van der Waals surface area contributed by atoms with E-state index < -0.39 is 0 Å². The van der Waals surface area contributed by atoms with Crippen molar-refractivity contribution in [3.8, 4) is 5.75 Å². The van der Waals surface area contributed by atoms with Crippen LogP contribution in [0.3, 0.4) is 0 Å². The molecule has 0 saturated carbocycles. The molecule has 0 unspecified atom stereocenters. The Labute approximate surface area is 117 Å². The van der Waals surface area contributed by atoms with Gasteiger partial charge < -0.3 is 10.1 Å². The second kappa shape index (κ2) is 6.94. The van der Waals surface area contributed by atoms with Crippen molar-refractivity contribution < 1.29 is 9.53 Å². The smallest absolute Gasteiger partial charge is 0.339 e. The van der Waals surface area contributed by atoms with Crippen LogP contribution in [0, 0.1) is 0 Å². The topological polar surface area (TPSA) is 62.7 Å². The number of para-hydroxylation sites is 1. The lowest BCUT2D eigenvalue weighted by molar-refractivity contribution is 0.252. The number of benzene rings is 2. The molecule has 0 spiro atoms. The molecule has 5 nitrogen and oxygen atoms in total. The molecule has 2 rings (SSSR count). The summed E-state index contributed by atoms with van der Waals surface area (Å²) in [6.07, 6.45) is 1.56. The summed E-state index contributed by atoms with van der Waals surface area (Å²) >= 11 is 0. The molecule has 0 atom stereocenters. The lowest BCUT2D eigenvalue weighted by Crippen LogP contribution is -2.24. The van der Waals surface area contributed by atoms with Gasteiger partial charge in [-0.25, -0.2) is 10.2 Å². The number of nitrogens with one attached hydrogen (secondary N) is 2. The van der Waals surface area contributed by atoms with Gasteiger partial charge in [0.2, 0.25) is 0 Å². The van der Waals surface area contributed by atoms with Gasteiger partial charge in [0.25, 0.3) is 0 Å². The fourth-order valence-electron chi connectivity index (χ4n) is 1.54. The van der Waals surface area contributed by atoms with Gasteiger partial charge >= 0.3 is 6.03 Å². The fraction of sp³-hybridized carbons (Fsp3) is 0.0667. The van der Waals surface area contributed by atoms with E-state index in [0.717, 1.165) is 11.3 Å². The van der Waals surface area contributed by atoms with Crippen LogP contribution in [0.2, 0.25) is 0 Å². The van der Waals surface area contributed by atoms with Crippen LogP contribution in [0.25, 0.3) is 0 Å². The van der Waals surface area contributed by atoms with Crippen molar-refractivity contribution in [1.29, 1.82) is 0 Å². The van der Waals surface area contributed by atoms with Gasteiger partial charge in [-0.1, -0.05) is 18.2 Å². The molecule has 2 aromatic carbocycles. The van der Waals surface area contributed by atoms with Gasteiger partial charge in [-0.05, 0) is 42.0 Å². The Morgan fingerprint density at radius 1 is 1.10 bits per heavy atom. The van der Waals surface area contributed by atoms with E-state index >= 15 is 0 Å². The molecule has 0 heterocycles. The quantitative estimate of drug-likeness (QED) is 0.662. The third-order valence-corrected chi connectivity index (χ3v) is 2.53. The highest BCUT2D eigenvalue weighted by Crippen LogP contribution is 2.09. The van der Waals surface area contributed by atoms with Crippen LogP contribution < -0.4 is 15.5 Å². The van der Waals surface area contributed by atoms with Gasteiger partial charge in [0.15, 0.2) is 0 Å². The maximum absolute atomic E-state index is 11.5. The molecule has 0 aliphatic heterocycles. The lowest BCUT2D eigenvalue weighted by atomic mass is 10.2. The van der Waals surface area contributed by atoms with Crippen LogP contribution in [0.1, 0.15) is 5.56 Å². The Balaban J connectivity index is 1.84. The Hall–Kier alpha value is -2.82. The van der Waals surface area contributed by atoms with Gasteiger partial charge in [0.1, 0.15) is 5.75 Å². The van der Waals surface area contributed by atoms with Gasteiger partial charge in [-0.2, -0.15) is 5.10 Å². The van der Waals surface area contributed by atoms with E-state index in [1.54, 1.807) is 25.5 Å². The number of nitrogens with zero attached hydrogens (tertiary/aromatic N) is 1. The maximum atomic E-state index is 11.5. The second-order valence-electron chi connectivity index (χ2n) is 3.96. The number of amides is 2. The summed E-state index contributed by atoms with van der Waals surface area (Å²) in [6.45, 7) is 0. The molecule has 2 amide bonds. The maximum Gasteiger partial charge on any atom is 0.339 e. The summed E-state index contributed by atoms with van der Waals surface area (Å²) in [5.74, 6) is 0.775. The highest BCUT2D eigenvalue weighted by atomic mass is 16.5. The molecule has 0 radical (unpaired) electrons. The van der Waals surface area contributed by atoms with Gasteiger partial charge in [-0.3, -0.25) is 0 Å². The van der Waals surface area contributed by atoms with E-state index in [4.69, 9.17) is 4.74 Å². The molecule has 2 N–H and O–H groups in total. The minimum absolute atomic E-state index is 0.388. The number of hydrogen-bond acceptors (Lipinski definition) is 3. The SMILES string of the molecule is COc1ccc(C=NNC(=O)Nc2ccccc2)cc1. The molecule has 0 aliphatic rings. The number of carbonyl (C=O) groups excluding carboxylic acids is 1. The Kier molecular flexibility index (Phi) is 4.72. The molecule has 0 saturated heterocycles. The minimum Gasteiger partial charge on any atom is -0.497 e. The lowest BCUT2D eigenvalue weighted by Gasteiger charge is -2.03. The molecule has 102 valence electrons. The highest BCUT2D eigenvalue weighted by molar-refractivity contribution is 5.90. The number of rotatable bonds is 4. The van der Waals surface area contributed by atoms with Crippen LogP contribution in [-0.4, -0.2) is 19.4 Å². The first kappa shape index (κ1) is 13.6. The van der Waals surface area contributed by atoms with Crippen LogP contribution in [-0.2, 0) is 0 Å². The van der Waals surface area contributed by atoms with Gasteiger partial charge in [0.05, 0.1) is 13.3 Å². The Morgan fingerprint density at radius 3 is 2.45 bits per heavy atom. The summed E-state index contributed by atoms with van der Waals surface area (Å²) in [5, 5.41) is 6.53. The molecule has 0 aliphatic carbocycles. The summed E-state index contributed by atoms with van der Waals surface area (Å²) in [6, 6.07) is 16.1. The first-order valence-corrected chi connectivity index (χ1v) is 6.07. The van der Waals surface area contributed by atoms with E-state index in [9.17, 15) is 4.79 Å². The number of anilines is 1. The number of methoxy groups -OCH3 is 1. The van der Waals surface area contributed by atoms with Gasteiger partial charge in [-0.15, -0.1) is 0 Å². The summed E-state index contributed by atoms with van der Waals surface area (Å²) in [7, 11) is 1.61. The van der Waals surface area contributed by atoms with Crippen LogP contribution >= 0.6 is 0 Å². The van der Waals surface area contributed by atoms with Crippen molar-refractivity contribution in [2.24, 2.45) is 5.10 Å². The van der Waals surface area contributed by atoms with Crippen molar-refractivity contribution in [3.05, 3.63) is 60.2 Å². The number of ether oxygens (including phenoxy) is 1. The normalized spacial score (nSPS) is 10.2. The number of hydrogen-bond donors (Lipinski definition) is 2. The van der Waals surface area contributed by atoms with E-state index in [-0.39, 0.29) is 6.03 Å². The summed E-state index contributed by atoms with van der Waals surface area (Å²) in [4.78, 5) is 11.5. The minimum atomic E-state index is -0.388. The van der Waals surface area contributed by atoms with Crippen LogP contribution in [0.4, 0.5) is 10.5 Å². The Morgan fingerprint density at radius 2 is 1.80 bits per heavy atom. The molecular formula is C15H15N3O2. The van der Waals surface area contributed by atoms with E-state index in [0.29, 0.717) is 5.69 Å². The number of urea groups is 1. The first-order chi connectivity index (χ1) is 9.78. The number of carbonyl (C=O) groups is 1. The third-order valence-electron chi connectivity index (χ3n) is 2.53. The second-order valence-corrected chi connectivity index (χ2v) is 3.96. The molecule has 0 fully saturated rings. The zero-order valence-electron chi connectivity index (χ0n) is 11.0. The van der Waals surface area contributed by atoms with Gasteiger partial charge in [0, 0.05) is 5.69 Å². The van der Waals surface area contributed by atoms with Crippen molar-refractivity contribution in [3.63, 3.8) is 0 Å². The monoisotopic (exact) mass is 269 g/mol. The number of hydrazone groups is 1. The van der Waals surface area contributed by atoms with Crippen LogP contribution in [0.5, 0.6) is 5.75 Å². The zero-order valence-corrected chi connectivity index (χ0v) is 11.0. The Bertz CT molecular complexity index is 580. The standard InChI is InChI=1S/C15H15N3O2/c1-20-14-9-7-12(8-10-14)11-16-18-15(19)17-13-5-3-2-4-6-13/h2-11H,1H3,(H2,17,18,19). The van der Waals surface area contributed by atoms with Crippen molar-refractivity contribution in [1.82, 2.24) is 5.43 Å². The summed E-state index contributed by atoms with van der Waals surface area (Å²) in [5.41, 5.74) is 3.98. The molecule has 5 heteroatoms.